The van der Waals surface area contributed by atoms with E-state index in [1.807, 2.05) is 11.0 Å². The monoisotopic (exact) mass is 477 g/mol. The highest BCUT2D eigenvalue weighted by Gasteiger charge is 2.34. The first-order valence-corrected chi connectivity index (χ1v) is 13.2. The Hall–Kier alpha value is -2.48. The molecule has 0 radical (unpaired) electrons. The number of anilines is 3. The van der Waals surface area contributed by atoms with Crippen molar-refractivity contribution in [3.8, 4) is 0 Å². The maximum atomic E-state index is 14.0. The number of carbonyl (C=O) groups is 1. The van der Waals surface area contributed by atoms with Crippen LogP contribution in [0.3, 0.4) is 0 Å². The van der Waals surface area contributed by atoms with Crippen molar-refractivity contribution in [1.82, 2.24) is 4.98 Å². The molecule has 4 aliphatic rings. The molecular formula is C28H35N3O4. The molecule has 1 aromatic carbocycles. The summed E-state index contributed by atoms with van der Waals surface area (Å²) in [5.41, 5.74) is 4.26. The summed E-state index contributed by atoms with van der Waals surface area (Å²) in [6.45, 7) is 3.65. The summed E-state index contributed by atoms with van der Waals surface area (Å²) in [5.74, 6) is 1.55. The predicted octanol–water partition coefficient (Wildman–Crippen LogP) is 4.93. The van der Waals surface area contributed by atoms with Crippen LogP contribution in [0.5, 0.6) is 0 Å². The third kappa shape index (κ3) is 4.95. The summed E-state index contributed by atoms with van der Waals surface area (Å²) in [7, 11) is 0. The van der Waals surface area contributed by atoms with Crippen LogP contribution in [0, 0.1) is 5.92 Å². The fourth-order valence-corrected chi connectivity index (χ4v) is 5.98. The Morgan fingerprint density at radius 1 is 0.971 bits per heavy atom. The van der Waals surface area contributed by atoms with Crippen LogP contribution in [0.1, 0.15) is 62.0 Å². The molecule has 7 nitrogen and oxygen atoms in total. The zero-order valence-electron chi connectivity index (χ0n) is 20.3. The molecule has 1 unspecified atom stereocenters. The van der Waals surface area contributed by atoms with E-state index in [0.29, 0.717) is 19.1 Å². The van der Waals surface area contributed by atoms with Gasteiger partial charge in [0.05, 0.1) is 36.7 Å². The number of carbonyl (C=O) groups excluding carboxylic acids is 1. The van der Waals surface area contributed by atoms with Crippen molar-refractivity contribution in [3.05, 3.63) is 47.7 Å². The topological polar surface area (TPSA) is 72.9 Å². The van der Waals surface area contributed by atoms with Crippen molar-refractivity contribution >= 4 is 23.1 Å². The van der Waals surface area contributed by atoms with Gasteiger partial charge in [0.15, 0.2) is 0 Å². The maximum absolute atomic E-state index is 14.0. The molecule has 3 aliphatic heterocycles. The first-order chi connectivity index (χ1) is 17.2. The fourth-order valence-electron chi connectivity index (χ4n) is 5.98. The van der Waals surface area contributed by atoms with Gasteiger partial charge in [0, 0.05) is 37.5 Å². The molecule has 186 valence electrons. The van der Waals surface area contributed by atoms with Crippen LogP contribution in [-0.2, 0) is 25.5 Å². The second kappa shape index (κ2) is 10.2. The second-order valence-corrected chi connectivity index (χ2v) is 10.3. The van der Waals surface area contributed by atoms with Crippen LogP contribution in [0.4, 0.5) is 17.2 Å². The van der Waals surface area contributed by atoms with Gasteiger partial charge in [-0.15, -0.1) is 0 Å². The summed E-state index contributed by atoms with van der Waals surface area (Å²) < 4.78 is 17.3. The van der Waals surface area contributed by atoms with Crippen LogP contribution in [0.25, 0.3) is 0 Å². The molecule has 1 aliphatic carbocycles. The SMILES string of the molecule is O=C(C1CCC(OC2CCOC2)CC1)N1Cc2cccnc2Nc2ccc(C3CCOCC3)cc21. The third-order valence-electron chi connectivity index (χ3n) is 8.04. The van der Waals surface area contributed by atoms with Crippen LogP contribution in [0.2, 0.25) is 0 Å². The molecule has 0 spiro atoms. The number of hydrogen-bond donors (Lipinski definition) is 1. The zero-order chi connectivity index (χ0) is 23.6. The first kappa shape index (κ1) is 23.0. The largest absolute Gasteiger partial charge is 0.381 e. The standard InChI is InChI=1S/C28H35N3O4/c32-28(20-3-6-23(7-4-20)35-24-11-15-34-18-24)31-17-22-2-1-12-29-27(22)30-25-8-5-21(16-26(25)31)19-9-13-33-14-10-19/h1-2,5,8,12,16,19-20,23-24H,3-4,6-7,9-11,13-15,17-18H2,(H,29,30). The van der Waals surface area contributed by atoms with Gasteiger partial charge in [0.2, 0.25) is 5.91 Å². The van der Waals surface area contributed by atoms with Gasteiger partial charge in [-0.25, -0.2) is 4.98 Å². The normalized spacial score (nSPS) is 27.0. The molecular weight excluding hydrogens is 442 g/mol. The molecule has 1 amide bonds. The lowest BCUT2D eigenvalue weighted by Crippen LogP contribution is -2.39. The Morgan fingerprint density at radius 2 is 1.80 bits per heavy atom. The molecule has 1 atom stereocenters. The van der Waals surface area contributed by atoms with E-state index in [2.05, 4.69) is 34.6 Å². The van der Waals surface area contributed by atoms with E-state index >= 15 is 0 Å². The molecule has 2 aromatic rings. The van der Waals surface area contributed by atoms with E-state index in [9.17, 15) is 4.79 Å². The molecule has 1 aromatic heterocycles. The van der Waals surface area contributed by atoms with Gasteiger partial charge in [-0.3, -0.25) is 4.79 Å². The molecule has 1 N–H and O–H groups in total. The molecule has 4 heterocycles. The van der Waals surface area contributed by atoms with Gasteiger partial charge in [-0.1, -0.05) is 12.1 Å². The average Bonchev–Trinajstić information content (AvgIpc) is 3.36. The lowest BCUT2D eigenvalue weighted by Gasteiger charge is -2.33. The number of nitrogens with zero attached hydrogens (tertiary/aromatic N) is 2. The Kier molecular flexibility index (Phi) is 6.72. The zero-order valence-corrected chi connectivity index (χ0v) is 20.3. The lowest BCUT2D eigenvalue weighted by atomic mass is 9.86. The number of aromatic nitrogens is 1. The molecule has 0 bridgehead atoms. The van der Waals surface area contributed by atoms with Gasteiger partial charge in [-0.05, 0) is 74.6 Å². The number of benzene rings is 1. The first-order valence-electron chi connectivity index (χ1n) is 13.2. The maximum Gasteiger partial charge on any atom is 0.230 e. The van der Waals surface area contributed by atoms with E-state index < -0.39 is 0 Å². The number of amides is 1. The van der Waals surface area contributed by atoms with Crippen LogP contribution < -0.4 is 10.2 Å². The quantitative estimate of drug-likeness (QED) is 0.673. The molecule has 7 heteroatoms. The van der Waals surface area contributed by atoms with Gasteiger partial charge in [0.25, 0.3) is 0 Å². The summed E-state index contributed by atoms with van der Waals surface area (Å²) in [6.07, 6.45) is 8.92. The van der Waals surface area contributed by atoms with Gasteiger partial charge >= 0.3 is 0 Å². The van der Waals surface area contributed by atoms with Crippen LogP contribution in [0.15, 0.2) is 36.5 Å². The van der Waals surface area contributed by atoms with E-state index in [1.165, 1.54) is 5.56 Å². The van der Waals surface area contributed by atoms with E-state index in [1.54, 1.807) is 6.20 Å². The van der Waals surface area contributed by atoms with Gasteiger partial charge in [-0.2, -0.15) is 0 Å². The Labute approximate surface area is 207 Å². The molecule has 35 heavy (non-hydrogen) atoms. The molecule has 3 fully saturated rings. The highest BCUT2D eigenvalue weighted by Crippen LogP contribution is 2.40. The summed E-state index contributed by atoms with van der Waals surface area (Å²) in [4.78, 5) is 20.6. The minimum absolute atomic E-state index is 0.0208. The summed E-state index contributed by atoms with van der Waals surface area (Å²) in [6, 6.07) is 10.6. The van der Waals surface area contributed by atoms with Gasteiger partial charge in [0.1, 0.15) is 5.82 Å². The number of pyridine rings is 1. The van der Waals surface area contributed by atoms with Crippen LogP contribution >= 0.6 is 0 Å². The Bertz CT molecular complexity index is 1040. The van der Waals surface area contributed by atoms with Crippen LogP contribution in [-0.4, -0.2) is 49.5 Å². The number of hydrogen-bond acceptors (Lipinski definition) is 6. The van der Waals surface area contributed by atoms with Crippen molar-refractivity contribution in [2.75, 3.05) is 36.6 Å². The number of nitrogens with one attached hydrogen (secondary N) is 1. The molecule has 2 saturated heterocycles. The minimum Gasteiger partial charge on any atom is -0.381 e. The van der Waals surface area contributed by atoms with Crippen molar-refractivity contribution in [2.24, 2.45) is 5.92 Å². The highest BCUT2D eigenvalue weighted by molar-refractivity contribution is 5.99. The minimum atomic E-state index is 0.0208. The molecule has 1 saturated carbocycles. The highest BCUT2D eigenvalue weighted by atomic mass is 16.5. The number of rotatable bonds is 4. The van der Waals surface area contributed by atoms with E-state index in [0.717, 1.165) is 87.5 Å². The van der Waals surface area contributed by atoms with Crippen molar-refractivity contribution in [3.63, 3.8) is 0 Å². The Morgan fingerprint density at radius 3 is 2.60 bits per heavy atom. The second-order valence-electron chi connectivity index (χ2n) is 10.3. The lowest BCUT2D eigenvalue weighted by molar-refractivity contribution is -0.125. The van der Waals surface area contributed by atoms with Crippen molar-refractivity contribution < 1.29 is 19.0 Å². The Balaban J connectivity index is 1.24. The fraction of sp³-hybridized carbons (Fsp3) is 0.571. The van der Waals surface area contributed by atoms with Crippen molar-refractivity contribution in [2.45, 2.75) is 69.6 Å². The smallest absolute Gasteiger partial charge is 0.230 e. The average molecular weight is 478 g/mol. The number of ether oxygens (including phenoxy) is 3. The van der Waals surface area contributed by atoms with E-state index in [-0.39, 0.29) is 24.0 Å². The van der Waals surface area contributed by atoms with Gasteiger partial charge < -0.3 is 24.4 Å². The molecule has 6 rings (SSSR count). The predicted molar refractivity (Wildman–Crippen MR) is 134 cm³/mol. The third-order valence-corrected chi connectivity index (χ3v) is 8.04. The van der Waals surface area contributed by atoms with E-state index in [4.69, 9.17) is 14.2 Å². The van der Waals surface area contributed by atoms with Crippen molar-refractivity contribution in [1.29, 1.82) is 0 Å². The summed E-state index contributed by atoms with van der Waals surface area (Å²) >= 11 is 0. The number of fused-ring (bicyclic) bond motifs is 2. The summed E-state index contributed by atoms with van der Waals surface area (Å²) in [5, 5.41) is 3.51.